The lowest BCUT2D eigenvalue weighted by Gasteiger charge is -2.00. The summed E-state index contributed by atoms with van der Waals surface area (Å²) in [6, 6.07) is 15.4. The molecule has 3 rings (SSSR count). The van der Waals surface area contributed by atoms with Crippen molar-refractivity contribution in [3.8, 4) is 17.3 Å². The zero-order chi connectivity index (χ0) is 17.8. The molecule has 0 aliphatic heterocycles. The Kier molecular flexibility index (Phi) is 4.97. The maximum atomic E-state index is 9.49. The Morgan fingerprint density at radius 2 is 2.00 bits per heavy atom. The summed E-state index contributed by atoms with van der Waals surface area (Å²) >= 11 is 6.19. The van der Waals surface area contributed by atoms with Gasteiger partial charge in [0.25, 0.3) is 0 Å². The second-order valence-corrected chi connectivity index (χ2v) is 6.11. The molecule has 0 fully saturated rings. The fourth-order valence-electron chi connectivity index (χ4n) is 2.46. The molecule has 0 atom stereocenters. The van der Waals surface area contributed by atoms with Gasteiger partial charge in [-0.1, -0.05) is 41.0 Å². The molecule has 0 aliphatic rings. The van der Waals surface area contributed by atoms with E-state index in [2.05, 4.69) is 30.1 Å². The fraction of sp³-hybridized carbons (Fsp3) is 0.150. The molecule has 1 aromatic heterocycles. The van der Waals surface area contributed by atoms with Crippen molar-refractivity contribution in [2.45, 2.75) is 20.3 Å². The topological polar surface area (TPSA) is 62.2 Å². The Morgan fingerprint density at radius 3 is 2.72 bits per heavy atom. The van der Waals surface area contributed by atoms with Crippen LogP contribution in [0.4, 0.5) is 5.69 Å². The molecule has 5 heteroatoms. The molecule has 0 saturated carbocycles. The molecule has 4 nitrogen and oxygen atoms in total. The van der Waals surface area contributed by atoms with E-state index in [0.29, 0.717) is 34.0 Å². The summed E-state index contributed by atoms with van der Waals surface area (Å²) in [6.07, 6.45) is 2.11. The molecule has 2 aromatic carbocycles. The second kappa shape index (κ2) is 7.33. The molecule has 0 unspecified atom stereocenters. The summed E-state index contributed by atoms with van der Waals surface area (Å²) in [5, 5.41) is 14.0. The highest BCUT2D eigenvalue weighted by Crippen LogP contribution is 2.30. The lowest BCUT2D eigenvalue weighted by atomic mass is 10.1. The van der Waals surface area contributed by atoms with E-state index in [-0.39, 0.29) is 0 Å². The number of hydrogen-bond acceptors (Lipinski definition) is 4. The van der Waals surface area contributed by atoms with Crippen molar-refractivity contribution in [1.82, 2.24) is 5.16 Å². The highest BCUT2D eigenvalue weighted by molar-refractivity contribution is 6.33. The summed E-state index contributed by atoms with van der Waals surface area (Å²) in [5.74, 6) is 0.477. The number of nitrogens with zero attached hydrogens (tertiary/aromatic N) is 3. The van der Waals surface area contributed by atoms with Gasteiger partial charge in [0.1, 0.15) is 17.3 Å². The van der Waals surface area contributed by atoms with Gasteiger partial charge >= 0.3 is 0 Å². The third kappa shape index (κ3) is 3.62. The molecule has 124 valence electrons. The van der Waals surface area contributed by atoms with E-state index in [0.717, 1.165) is 5.69 Å². The lowest BCUT2D eigenvalue weighted by Crippen LogP contribution is -1.89. The van der Waals surface area contributed by atoms with Crippen molar-refractivity contribution in [2.24, 2.45) is 4.99 Å². The van der Waals surface area contributed by atoms with Gasteiger partial charge in [0, 0.05) is 18.2 Å². The van der Waals surface area contributed by atoms with E-state index in [1.165, 1.54) is 11.1 Å². The average molecular weight is 350 g/mol. The number of nitriles is 1. The molecule has 0 radical (unpaired) electrons. The molecular formula is C20H16ClN3O. The van der Waals surface area contributed by atoms with Crippen LogP contribution in [0.5, 0.6) is 0 Å². The number of halogens is 1. The summed E-state index contributed by atoms with van der Waals surface area (Å²) in [7, 11) is 0. The first-order valence-electron chi connectivity index (χ1n) is 7.83. The van der Waals surface area contributed by atoms with Gasteiger partial charge in [-0.2, -0.15) is 5.26 Å². The Labute approximate surface area is 151 Å². The first-order chi connectivity index (χ1) is 12.1. The molecule has 0 amide bonds. The molecule has 0 spiro atoms. The van der Waals surface area contributed by atoms with E-state index in [1.807, 2.05) is 36.4 Å². The summed E-state index contributed by atoms with van der Waals surface area (Å²) in [5.41, 5.74) is 4.81. The van der Waals surface area contributed by atoms with Gasteiger partial charge in [0.2, 0.25) is 0 Å². The smallest absolute Gasteiger partial charge is 0.160 e. The fourth-order valence-corrected chi connectivity index (χ4v) is 2.68. The van der Waals surface area contributed by atoms with Crippen molar-refractivity contribution < 1.29 is 4.52 Å². The van der Waals surface area contributed by atoms with Crippen LogP contribution < -0.4 is 0 Å². The molecule has 1 heterocycles. The van der Waals surface area contributed by atoms with Crippen LogP contribution in [0.15, 0.2) is 52.0 Å². The van der Waals surface area contributed by atoms with Gasteiger partial charge in [-0.25, -0.2) is 0 Å². The minimum Gasteiger partial charge on any atom is -0.359 e. The minimum absolute atomic E-state index is 0.382. The number of rotatable bonds is 4. The third-order valence-corrected chi connectivity index (χ3v) is 4.34. The molecule has 3 aromatic rings. The number of aliphatic imine (C=N–C) groups is 1. The van der Waals surface area contributed by atoms with Gasteiger partial charge in [0.05, 0.1) is 10.7 Å². The predicted octanol–water partition coefficient (Wildman–Crippen LogP) is 5.43. The normalized spacial score (nSPS) is 11.0. The first-order valence-corrected chi connectivity index (χ1v) is 8.21. The zero-order valence-corrected chi connectivity index (χ0v) is 14.7. The molecular weight excluding hydrogens is 334 g/mol. The molecule has 0 aliphatic carbocycles. The maximum absolute atomic E-state index is 9.49. The lowest BCUT2D eigenvalue weighted by molar-refractivity contribution is 0.395. The largest absolute Gasteiger partial charge is 0.359 e. The van der Waals surface area contributed by atoms with Crippen LogP contribution in [0.2, 0.25) is 5.02 Å². The Hall–Kier alpha value is -2.90. The van der Waals surface area contributed by atoms with E-state index in [9.17, 15) is 5.26 Å². The van der Waals surface area contributed by atoms with E-state index >= 15 is 0 Å². The van der Waals surface area contributed by atoms with E-state index in [1.54, 1.807) is 12.3 Å². The van der Waals surface area contributed by atoms with Crippen molar-refractivity contribution in [1.29, 1.82) is 5.26 Å². The number of benzene rings is 2. The van der Waals surface area contributed by atoms with Crippen molar-refractivity contribution in [2.75, 3.05) is 0 Å². The average Bonchev–Trinajstić information content (AvgIpc) is 3.01. The zero-order valence-electron chi connectivity index (χ0n) is 14.0. The molecule has 25 heavy (non-hydrogen) atoms. The highest BCUT2D eigenvalue weighted by atomic mass is 35.5. The monoisotopic (exact) mass is 349 g/mol. The molecule has 0 N–H and O–H groups in total. The van der Waals surface area contributed by atoms with E-state index in [4.69, 9.17) is 16.1 Å². The van der Waals surface area contributed by atoms with E-state index < -0.39 is 0 Å². The van der Waals surface area contributed by atoms with Crippen molar-refractivity contribution in [3.63, 3.8) is 0 Å². The second-order valence-electron chi connectivity index (χ2n) is 5.71. The van der Waals surface area contributed by atoms with Gasteiger partial charge < -0.3 is 4.52 Å². The number of hydrogen-bond donors (Lipinski definition) is 0. The SMILES string of the molecule is Cc1ccc(N=CCc2onc(-c3ccccc3Cl)c2C#N)cc1C. The Bertz CT molecular complexity index is 983. The number of aryl methyl sites for hydroxylation is 2. The molecule has 0 bridgehead atoms. The van der Waals surface area contributed by atoms with Crippen LogP contribution in [-0.4, -0.2) is 11.4 Å². The van der Waals surface area contributed by atoms with Crippen molar-refractivity contribution >= 4 is 23.5 Å². The highest BCUT2D eigenvalue weighted by Gasteiger charge is 2.18. The number of aromatic nitrogens is 1. The predicted molar refractivity (Wildman–Crippen MR) is 99.4 cm³/mol. The first kappa shape index (κ1) is 16.9. The van der Waals surface area contributed by atoms with Crippen LogP contribution in [0, 0.1) is 25.2 Å². The van der Waals surface area contributed by atoms with Crippen LogP contribution in [0.25, 0.3) is 11.3 Å². The van der Waals surface area contributed by atoms with Crippen LogP contribution in [0.3, 0.4) is 0 Å². The summed E-state index contributed by atoms with van der Waals surface area (Å²) in [4.78, 5) is 4.43. The maximum Gasteiger partial charge on any atom is 0.160 e. The van der Waals surface area contributed by atoms with Crippen LogP contribution in [0.1, 0.15) is 22.5 Å². The third-order valence-electron chi connectivity index (χ3n) is 4.01. The summed E-state index contributed by atoms with van der Waals surface area (Å²) in [6.45, 7) is 4.11. The summed E-state index contributed by atoms with van der Waals surface area (Å²) < 4.78 is 5.35. The van der Waals surface area contributed by atoms with Gasteiger partial charge in [0.15, 0.2) is 5.76 Å². The van der Waals surface area contributed by atoms with Gasteiger partial charge in [-0.3, -0.25) is 4.99 Å². The standard InChI is InChI=1S/C20H16ClN3O/c1-13-7-8-15(11-14(13)2)23-10-9-19-17(12-22)20(24-25-19)16-5-3-4-6-18(16)21/h3-8,10-11H,9H2,1-2H3. The van der Waals surface area contributed by atoms with Crippen LogP contribution in [-0.2, 0) is 6.42 Å². The molecule has 0 saturated heterocycles. The minimum atomic E-state index is 0.382. The Balaban J connectivity index is 1.84. The van der Waals surface area contributed by atoms with Gasteiger partial charge in [-0.15, -0.1) is 0 Å². The van der Waals surface area contributed by atoms with Crippen molar-refractivity contribution in [3.05, 3.63) is 69.9 Å². The Morgan fingerprint density at radius 1 is 1.20 bits per heavy atom. The van der Waals surface area contributed by atoms with Crippen LogP contribution >= 0.6 is 11.6 Å². The van der Waals surface area contributed by atoms with Gasteiger partial charge in [-0.05, 0) is 43.2 Å². The quantitative estimate of drug-likeness (QED) is 0.590.